The Morgan fingerprint density at radius 1 is 1.43 bits per heavy atom. The van der Waals surface area contributed by atoms with Gasteiger partial charge in [-0.1, -0.05) is 30.3 Å². The summed E-state index contributed by atoms with van der Waals surface area (Å²) in [5.74, 6) is -1.08. The molecule has 0 spiro atoms. The second-order valence-electron chi connectivity index (χ2n) is 3.41. The average molecular weight is 195 g/mol. The maximum absolute atomic E-state index is 10.8. The minimum Gasteiger partial charge on any atom is -0.480 e. The first-order chi connectivity index (χ1) is 6.58. The molecule has 0 bridgehead atoms. The summed E-state index contributed by atoms with van der Waals surface area (Å²) in [6.45, 7) is 1.43. The van der Waals surface area contributed by atoms with Crippen LogP contribution in [0.25, 0.3) is 0 Å². The quantitative estimate of drug-likeness (QED) is 0.628. The van der Waals surface area contributed by atoms with Crippen molar-refractivity contribution in [1.82, 2.24) is 5.48 Å². The van der Waals surface area contributed by atoms with E-state index in [0.717, 1.165) is 5.56 Å². The molecule has 1 aromatic carbocycles. The van der Waals surface area contributed by atoms with E-state index in [1.807, 2.05) is 35.8 Å². The molecule has 1 rings (SSSR count). The van der Waals surface area contributed by atoms with Crippen molar-refractivity contribution in [3.63, 3.8) is 0 Å². The molecule has 0 saturated heterocycles. The van der Waals surface area contributed by atoms with Crippen LogP contribution >= 0.6 is 0 Å². The van der Waals surface area contributed by atoms with Crippen molar-refractivity contribution in [2.75, 3.05) is 0 Å². The van der Waals surface area contributed by atoms with Gasteiger partial charge in [-0.2, -0.15) is 5.48 Å². The first-order valence-electron chi connectivity index (χ1n) is 4.27. The standard InChI is InChI=1S/C10H13NO3/c1-10(11-14,9(12)13)7-8-5-3-2-4-6-8/h2-6,11,14H,7H2,1H3,(H,12,13)/t10-/m0/s1. The lowest BCUT2D eigenvalue weighted by atomic mass is 9.94. The summed E-state index contributed by atoms with van der Waals surface area (Å²) in [5.41, 5.74) is 1.35. The number of nitrogens with one attached hydrogen (secondary N) is 1. The fraction of sp³-hybridized carbons (Fsp3) is 0.300. The van der Waals surface area contributed by atoms with E-state index in [1.54, 1.807) is 0 Å². The summed E-state index contributed by atoms with van der Waals surface area (Å²) in [5, 5.41) is 17.7. The van der Waals surface area contributed by atoms with Gasteiger partial charge in [0.2, 0.25) is 0 Å². The van der Waals surface area contributed by atoms with Crippen LogP contribution in [0.2, 0.25) is 0 Å². The smallest absolute Gasteiger partial charge is 0.326 e. The van der Waals surface area contributed by atoms with Gasteiger partial charge in [0.05, 0.1) is 0 Å². The molecule has 4 nitrogen and oxygen atoms in total. The monoisotopic (exact) mass is 195 g/mol. The van der Waals surface area contributed by atoms with E-state index in [1.165, 1.54) is 6.92 Å². The van der Waals surface area contributed by atoms with E-state index in [9.17, 15) is 4.79 Å². The predicted molar refractivity (Wildman–Crippen MR) is 51.1 cm³/mol. The highest BCUT2D eigenvalue weighted by Gasteiger charge is 2.32. The van der Waals surface area contributed by atoms with Gasteiger partial charge in [0.15, 0.2) is 0 Å². The van der Waals surface area contributed by atoms with Crippen molar-refractivity contribution in [2.24, 2.45) is 0 Å². The minimum atomic E-state index is -1.33. The van der Waals surface area contributed by atoms with E-state index in [-0.39, 0.29) is 6.42 Å². The fourth-order valence-electron chi connectivity index (χ4n) is 1.17. The SMILES string of the molecule is C[C@@](Cc1ccccc1)(NO)C(=O)O. The Labute approximate surface area is 82.1 Å². The average Bonchev–Trinajstić information content (AvgIpc) is 2.19. The molecule has 0 amide bonds. The maximum Gasteiger partial charge on any atom is 0.326 e. The molecule has 4 heteroatoms. The third kappa shape index (κ3) is 2.31. The van der Waals surface area contributed by atoms with Gasteiger partial charge in [-0.15, -0.1) is 0 Å². The van der Waals surface area contributed by atoms with Crippen LogP contribution in [0.1, 0.15) is 12.5 Å². The Morgan fingerprint density at radius 2 is 2.00 bits per heavy atom. The number of hydrogen-bond acceptors (Lipinski definition) is 3. The van der Waals surface area contributed by atoms with Crippen molar-refractivity contribution in [2.45, 2.75) is 18.9 Å². The lowest BCUT2D eigenvalue weighted by Crippen LogP contribution is -2.49. The number of rotatable bonds is 4. The molecule has 1 atom stereocenters. The highest BCUT2D eigenvalue weighted by molar-refractivity contribution is 5.78. The van der Waals surface area contributed by atoms with Crippen molar-refractivity contribution in [3.05, 3.63) is 35.9 Å². The van der Waals surface area contributed by atoms with E-state index < -0.39 is 11.5 Å². The van der Waals surface area contributed by atoms with E-state index >= 15 is 0 Å². The van der Waals surface area contributed by atoms with Gasteiger partial charge in [-0.3, -0.25) is 4.79 Å². The van der Waals surface area contributed by atoms with Crippen molar-refractivity contribution in [3.8, 4) is 0 Å². The minimum absolute atomic E-state index is 0.236. The number of hydroxylamine groups is 1. The van der Waals surface area contributed by atoms with Crippen molar-refractivity contribution >= 4 is 5.97 Å². The van der Waals surface area contributed by atoms with E-state index in [2.05, 4.69) is 0 Å². The Morgan fingerprint density at radius 3 is 2.43 bits per heavy atom. The molecule has 0 fully saturated rings. The van der Waals surface area contributed by atoms with Gasteiger partial charge < -0.3 is 10.3 Å². The van der Waals surface area contributed by atoms with Crippen LogP contribution in [0.15, 0.2) is 30.3 Å². The van der Waals surface area contributed by atoms with Crippen LogP contribution in [0, 0.1) is 0 Å². The Hall–Kier alpha value is -1.39. The zero-order valence-corrected chi connectivity index (χ0v) is 7.90. The topological polar surface area (TPSA) is 69.6 Å². The van der Waals surface area contributed by atoms with Crippen molar-refractivity contribution < 1.29 is 15.1 Å². The number of carboxylic acid groups (broad SMARTS) is 1. The number of carboxylic acids is 1. The number of hydrogen-bond donors (Lipinski definition) is 3. The number of aliphatic carboxylic acids is 1. The highest BCUT2D eigenvalue weighted by Crippen LogP contribution is 2.12. The Balaban J connectivity index is 2.81. The molecule has 0 heterocycles. The third-order valence-corrected chi connectivity index (χ3v) is 2.12. The van der Waals surface area contributed by atoms with Gasteiger partial charge in [-0.05, 0) is 12.5 Å². The molecule has 1 aromatic rings. The molecular formula is C10H13NO3. The van der Waals surface area contributed by atoms with E-state index in [4.69, 9.17) is 10.3 Å². The Bertz CT molecular complexity index is 312. The number of carbonyl (C=O) groups is 1. The molecular weight excluding hydrogens is 182 g/mol. The molecule has 3 N–H and O–H groups in total. The van der Waals surface area contributed by atoms with Gasteiger partial charge in [-0.25, -0.2) is 0 Å². The third-order valence-electron chi connectivity index (χ3n) is 2.12. The van der Waals surface area contributed by atoms with Crippen molar-refractivity contribution in [1.29, 1.82) is 0 Å². The van der Waals surface area contributed by atoms with Crippen LogP contribution in [0.3, 0.4) is 0 Å². The molecule has 0 unspecified atom stereocenters. The first kappa shape index (κ1) is 10.7. The second-order valence-corrected chi connectivity index (χ2v) is 3.41. The van der Waals surface area contributed by atoms with Gasteiger partial charge >= 0.3 is 5.97 Å². The largest absolute Gasteiger partial charge is 0.480 e. The summed E-state index contributed by atoms with van der Waals surface area (Å²) < 4.78 is 0. The van der Waals surface area contributed by atoms with Crippen LogP contribution in [0.5, 0.6) is 0 Å². The van der Waals surface area contributed by atoms with E-state index in [0.29, 0.717) is 0 Å². The fourth-order valence-corrected chi connectivity index (χ4v) is 1.17. The van der Waals surface area contributed by atoms with Gasteiger partial charge in [0, 0.05) is 6.42 Å². The molecule has 0 aliphatic heterocycles. The molecule has 0 aliphatic rings. The summed E-state index contributed by atoms with van der Waals surface area (Å²) in [6.07, 6.45) is 0.236. The second kappa shape index (κ2) is 4.21. The molecule has 0 radical (unpaired) electrons. The zero-order valence-electron chi connectivity index (χ0n) is 7.90. The summed E-state index contributed by atoms with van der Waals surface area (Å²) in [6, 6.07) is 9.15. The van der Waals surface area contributed by atoms with Gasteiger partial charge in [0.25, 0.3) is 0 Å². The van der Waals surface area contributed by atoms with Crippen LogP contribution in [0.4, 0.5) is 0 Å². The molecule has 14 heavy (non-hydrogen) atoms. The summed E-state index contributed by atoms with van der Waals surface area (Å²) in [7, 11) is 0. The predicted octanol–water partition coefficient (Wildman–Crippen LogP) is 1.05. The molecule has 0 aliphatic carbocycles. The highest BCUT2D eigenvalue weighted by atomic mass is 16.5. The normalized spacial score (nSPS) is 14.7. The maximum atomic E-state index is 10.8. The first-order valence-corrected chi connectivity index (χ1v) is 4.27. The number of benzene rings is 1. The molecule has 0 saturated carbocycles. The zero-order chi connectivity index (χ0) is 10.6. The van der Waals surface area contributed by atoms with Crippen LogP contribution in [-0.2, 0) is 11.2 Å². The van der Waals surface area contributed by atoms with Gasteiger partial charge in [0.1, 0.15) is 5.54 Å². The lowest BCUT2D eigenvalue weighted by molar-refractivity contribution is -0.148. The summed E-state index contributed by atoms with van der Waals surface area (Å²) >= 11 is 0. The summed E-state index contributed by atoms with van der Waals surface area (Å²) in [4.78, 5) is 10.8. The molecule has 76 valence electrons. The van der Waals surface area contributed by atoms with Crippen LogP contribution in [-0.4, -0.2) is 21.8 Å². The lowest BCUT2D eigenvalue weighted by Gasteiger charge is -2.22. The Kier molecular flexibility index (Phi) is 3.22. The van der Waals surface area contributed by atoms with Crippen LogP contribution < -0.4 is 5.48 Å². The molecule has 0 aromatic heterocycles.